The zero-order chi connectivity index (χ0) is 14.5. The van der Waals surface area contributed by atoms with E-state index in [1.807, 2.05) is 0 Å². The van der Waals surface area contributed by atoms with Crippen LogP contribution in [0.4, 0.5) is 0 Å². The number of nitrogens with zero attached hydrogens (tertiary/aromatic N) is 2. The molecule has 1 aromatic rings. The summed E-state index contributed by atoms with van der Waals surface area (Å²) in [4.78, 5) is 5.38. The number of likely N-dealkylation sites (N-methyl/N-ethyl adjacent to an activating group) is 1. The van der Waals surface area contributed by atoms with Crippen LogP contribution in [0.15, 0.2) is 30.3 Å². The molecule has 0 saturated carbocycles. The van der Waals surface area contributed by atoms with Crippen molar-refractivity contribution < 1.29 is 0 Å². The molecule has 3 rings (SSSR count). The smallest absolute Gasteiger partial charge is 0.0238 e. The third-order valence-corrected chi connectivity index (χ3v) is 5.07. The molecule has 2 aliphatic rings. The topological polar surface area (TPSA) is 18.5 Å². The Labute approximate surface area is 129 Å². The lowest BCUT2D eigenvalue weighted by Crippen LogP contribution is -2.51. The van der Waals surface area contributed by atoms with Crippen LogP contribution in [0.3, 0.4) is 0 Å². The number of nitrogens with one attached hydrogen (secondary N) is 1. The van der Waals surface area contributed by atoms with Crippen LogP contribution in [-0.2, 0) is 6.54 Å². The Kier molecular flexibility index (Phi) is 5.28. The summed E-state index contributed by atoms with van der Waals surface area (Å²) >= 11 is 0. The average molecular weight is 287 g/mol. The lowest BCUT2D eigenvalue weighted by molar-refractivity contribution is 0.119. The highest BCUT2D eigenvalue weighted by Crippen LogP contribution is 2.22. The zero-order valence-electron chi connectivity index (χ0n) is 13.3. The number of likely N-dealkylation sites (tertiary alicyclic amines) is 1. The maximum absolute atomic E-state index is 3.57. The first-order valence-electron chi connectivity index (χ1n) is 8.59. The summed E-state index contributed by atoms with van der Waals surface area (Å²) in [6.45, 7) is 9.50. The van der Waals surface area contributed by atoms with Crippen molar-refractivity contribution in [2.75, 3.05) is 32.7 Å². The maximum atomic E-state index is 3.57. The van der Waals surface area contributed by atoms with Gasteiger partial charge in [0.05, 0.1) is 0 Å². The molecule has 0 aromatic heterocycles. The fourth-order valence-electron chi connectivity index (χ4n) is 4.00. The Morgan fingerprint density at radius 1 is 1.19 bits per heavy atom. The summed E-state index contributed by atoms with van der Waals surface area (Å²) in [5, 5.41) is 3.57. The Morgan fingerprint density at radius 2 is 2.05 bits per heavy atom. The first kappa shape index (κ1) is 15.0. The molecule has 2 fully saturated rings. The van der Waals surface area contributed by atoms with E-state index < -0.39 is 0 Å². The molecule has 1 aromatic carbocycles. The van der Waals surface area contributed by atoms with Gasteiger partial charge in [-0.2, -0.15) is 0 Å². The first-order chi connectivity index (χ1) is 10.4. The molecule has 0 aliphatic carbocycles. The predicted molar refractivity (Wildman–Crippen MR) is 88.4 cm³/mol. The Hall–Kier alpha value is -0.900. The van der Waals surface area contributed by atoms with E-state index in [2.05, 4.69) is 52.4 Å². The van der Waals surface area contributed by atoms with Crippen LogP contribution < -0.4 is 5.32 Å². The van der Waals surface area contributed by atoms with Crippen molar-refractivity contribution in [3.8, 4) is 0 Å². The molecule has 2 saturated heterocycles. The van der Waals surface area contributed by atoms with Gasteiger partial charge in [0.25, 0.3) is 0 Å². The van der Waals surface area contributed by atoms with Gasteiger partial charge in [-0.25, -0.2) is 0 Å². The van der Waals surface area contributed by atoms with Gasteiger partial charge in [0, 0.05) is 38.3 Å². The fourth-order valence-corrected chi connectivity index (χ4v) is 4.00. The largest absolute Gasteiger partial charge is 0.315 e. The normalized spacial score (nSPS) is 27.3. The van der Waals surface area contributed by atoms with Crippen LogP contribution >= 0.6 is 0 Å². The molecule has 0 amide bonds. The van der Waals surface area contributed by atoms with E-state index in [1.165, 1.54) is 57.5 Å². The van der Waals surface area contributed by atoms with E-state index >= 15 is 0 Å². The molecule has 0 radical (unpaired) electrons. The van der Waals surface area contributed by atoms with E-state index in [4.69, 9.17) is 0 Å². The Morgan fingerprint density at radius 3 is 2.76 bits per heavy atom. The number of hydrogen-bond donors (Lipinski definition) is 1. The molecule has 2 atom stereocenters. The summed E-state index contributed by atoms with van der Waals surface area (Å²) in [5.41, 5.74) is 1.44. The molecule has 0 bridgehead atoms. The second kappa shape index (κ2) is 7.39. The van der Waals surface area contributed by atoms with Gasteiger partial charge in [-0.15, -0.1) is 0 Å². The van der Waals surface area contributed by atoms with Gasteiger partial charge in [-0.05, 0) is 37.9 Å². The summed E-state index contributed by atoms with van der Waals surface area (Å²) < 4.78 is 0. The molecular formula is C18H29N3. The highest BCUT2D eigenvalue weighted by atomic mass is 15.3. The molecule has 2 heterocycles. The van der Waals surface area contributed by atoms with Crippen molar-refractivity contribution >= 4 is 0 Å². The monoisotopic (exact) mass is 287 g/mol. The first-order valence-corrected chi connectivity index (χ1v) is 8.59. The van der Waals surface area contributed by atoms with Crippen LogP contribution in [0.25, 0.3) is 0 Å². The van der Waals surface area contributed by atoms with Gasteiger partial charge in [-0.3, -0.25) is 9.80 Å². The van der Waals surface area contributed by atoms with Gasteiger partial charge in [0.1, 0.15) is 0 Å². The number of benzene rings is 1. The van der Waals surface area contributed by atoms with Crippen LogP contribution in [0.1, 0.15) is 31.7 Å². The van der Waals surface area contributed by atoms with Gasteiger partial charge < -0.3 is 5.32 Å². The fraction of sp³-hybridized carbons (Fsp3) is 0.667. The molecule has 21 heavy (non-hydrogen) atoms. The second-order valence-corrected chi connectivity index (χ2v) is 6.49. The Balaban J connectivity index is 1.55. The minimum atomic E-state index is 0.753. The SMILES string of the molecule is CCN(C1CCCNC1)C1CCN(Cc2ccccc2)C1. The van der Waals surface area contributed by atoms with Crippen LogP contribution in [-0.4, -0.2) is 54.6 Å². The molecule has 2 unspecified atom stereocenters. The minimum absolute atomic E-state index is 0.753. The third-order valence-electron chi connectivity index (χ3n) is 5.07. The number of rotatable bonds is 5. The molecule has 0 spiro atoms. The number of hydrogen-bond acceptors (Lipinski definition) is 3. The van der Waals surface area contributed by atoms with Crippen LogP contribution in [0, 0.1) is 0 Å². The Bertz CT molecular complexity index is 414. The summed E-state index contributed by atoms with van der Waals surface area (Å²) in [6, 6.07) is 12.4. The predicted octanol–water partition coefficient (Wildman–Crippen LogP) is 2.33. The minimum Gasteiger partial charge on any atom is -0.315 e. The summed E-state index contributed by atoms with van der Waals surface area (Å²) in [6.07, 6.45) is 4.04. The van der Waals surface area contributed by atoms with E-state index in [0.717, 1.165) is 18.6 Å². The van der Waals surface area contributed by atoms with E-state index in [9.17, 15) is 0 Å². The van der Waals surface area contributed by atoms with E-state index in [0.29, 0.717) is 0 Å². The maximum Gasteiger partial charge on any atom is 0.0238 e. The molecule has 3 nitrogen and oxygen atoms in total. The molecule has 3 heteroatoms. The van der Waals surface area contributed by atoms with Crippen molar-refractivity contribution in [2.45, 2.75) is 44.8 Å². The zero-order valence-corrected chi connectivity index (χ0v) is 13.3. The van der Waals surface area contributed by atoms with Crippen molar-refractivity contribution in [1.82, 2.24) is 15.1 Å². The molecular weight excluding hydrogens is 258 g/mol. The van der Waals surface area contributed by atoms with Crippen molar-refractivity contribution in [1.29, 1.82) is 0 Å². The van der Waals surface area contributed by atoms with Gasteiger partial charge in [0.2, 0.25) is 0 Å². The summed E-state index contributed by atoms with van der Waals surface area (Å²) in [5.74, 6) is 0. The number of piperidine rings is 1. The van der Waals surface area contributed by atoms with E-state index in [-0.39, 0.29) is 0 Å². The lowest BCUT2D eigenvalue weighted by atomic mass is 10.0. The summed E-state index contributed by atoms with van der Waals surface area (Å²) in [7, 11) is 0. The molecule has 116 valence electrons. The van der Waals surface area contributed by atoms with Gasteiger partial charge >= 0.3 is 0 Å². The molecule has 2 aliphatic heterocycles. The third kappa shape index (κ3) is 3.85. The van der Waals surface area contributed by atoms with Gasteiger partial charge in [0.15, 0.2) is 0 Å². The van der Waals surface area contributed by atoms with Crippen LogP contribution in [0.2, 0.25) is 0 Å². The van der Waals surface area contributed by atoms with E-state index in [1.54, 1.807) is 0 Å². The second-order valence-electron chi connectivity index (χ2n) is 6.49. The standard InChI is InChI=1S/C18H29N3/c1-2-21(17-9-6-11-19-13-17)18-10-12-20(15-18)14-16-7-4-3-5-8-16/h3-5,7-8,17-19H,2,6,9-15H2,1H3. The average Bonchev–Trinajstić information content (AvgIpc) is 2.98. The van der Waals surface area contributed by atoms with Crippen molar-refractivity contribution in [2.24, 2.45) is 0 Å². The quantitative estimate of drug-likeness (QED) is 0.897. The van der Waals surface area contributed by atoms with Crippen LogP contribution in [0.5, 0.6) is 0 Å². The van der Waals surface area contributed by atoms with Crippen molar-refractivity contribution in [3.63, 3.8) is 0 Å². The highest BCUT2D eigenvalue weighted by Gasteiger charge is 2.31. The molecule has 1 N–H and O–H groups in total. The van der Waals surface area contributed by atoms with Gasteiger partial charge in [-0.1, -0.05) is 37.3 Å². The highest BCUT2D eigenvalue weighted by molar-refractivity contribution is 5.14. The van der Waals surface area contributed by atoms with Crippen molar-refractivity contribution in [3.05, 3.63) is 35.9 Å². The lowest BCUT2D eigenvalue weighted by Gasteiger charge is -2.38.